The number of halogens is 1. The van der Waals surface area contributed by atoms with Crippen molar-refractivity contribution < 1.29 is 9.47 Å². The third-order valence-electron chi connectivity index (χ3n) is 6.99. The summed E-state index contributed by atoms with van der Waals surface area (Å²) in [7, 11) is 1.91. The molecule has 30 heavy (non-hydrogen) atoms. The minimum absolute atomic E-state index is 0. The van der Waals surface area contributed by atoms with Crippen molar-refractivity contribution in [1.29, 1.82) is 0 Å². The van der Waals surface area contributed by atoms with E-state index in [0.717, 1.165) is 78.0 Å². The number of aliphatic imine (C=N–C) groups is 1. The Kier molecular flexibility index (Phi) is 8.80. The molecule has 1 atom stereocenters. The van der Waals surface area contributed by atoms with Crippen LogP contribution in [-0.4, -0.2) is 88.0 Å². The number of likely N-dealkylation sites (tertiary alicyclic amines) is 1. The van der Waals surface area contributed by atoms with Gasteiger partial charge in [-0.3, -0.25) is 9.89 Å². The van der Waals surface area contributed by atoms with E-state index in [-0.39, 0.29) is 29.4 Å². The van der Waals surface area contributed by atoms with E-state index in [1.807, 2.05) is 7.05 Å². The van der Waals surface area contributed by atoms with Gasteiger partial charge < -0.3 is 19.7 Å². The Morgan fingerprint density at radius 1 is 1.10 bits per heavy atom. The number of benzene rings is 1. The fraction of sp³-hybridized carbons (Fsp3) is 0.696. The van der Waals surface area contributed by atoms with Crippen LogP contribution >= 0.6 is 24.0 Å². The van der Waals surface area contributed by atoms with E-state index in [0.29, 0.717) is 6.04 Å². The van der Waals surface area contributed by atoms with Crippen LogP contribution in [0, 0.1) is 6.92 Å². The van der Waals surface area contributed by atoms with Gasteiger partial charge in [-0.2, -0.15) is 0 Å². The number of guanidine groups is 1. The van der Waals surface area contributed by atoms with Crippen LogP contribution in [0.5, 0.6) is 0 Å². The van der Waals surface area contributed by atoms with Gasteiger partial charge in [-0.15, -0.1) is 24.0 Å². The first-order chi connectivity index (χ1) is 14.2. The van der Waals surface area contributed by atoms with Crippen molar-refractivity contribution in [3.8, 4) is 0 Å². The molecule has 0 bridgehead atoms. The molecule has 3 heterocycles. The zero-order chi connectivity index (χ0) is 20.1. The number of nitrogens with zero attached hydrogens (tertiary/aromatic N) is 3. The minimum Gasteiger partial charge on any atom is -0.381 e. The van der Waals surface area contributed by atoms with Gasteiger partial charge in [0.05, 0.1) is 13.2 Å². The lowest BCUT2D eigenvalue weighted by atomic mass is 9.72. The zero-order valence-corrected chi connectivity index (χ0v) is 20.8. The molecule has 3 aliphatic rings. The highest BCUT2D eigenvalue weighted by Gasteiger charge is 2.37. The lowest BCUT2D eigenvalue weighted by Gasteiger charge is -2.40. The monoisotopic (exact) mass is 528 g/mol. The molecule has 4 rings (SSSR count). The average Bonchev–Trinajstić information content (AvgIpc) is 3.26. The Morgan fingerprint density at radius 2 is 1.80 bits per heavy atom. The molecule has 1 N–H and O–H groups in total. The predicted molar refractivity (Wildman–Crippen MR) is 132 cm³/mol. The van der Waals surface area contributed by atoms with Crippen LogP contribution in [-0.2, 0) is 14.9 Å². The number of ether oxygens (including phenoxy) is 2. The van der Waals surface area contributed by atoms with E-state index in [9.17, 15) is 0 Å². The van der Waals surface area contributed by atoms with E-state index >= 15 is 0 Å². The van der Waals surface area contributed by atoms with Gasteiger partial charge in [0, 0.05) is 64.4 Å². The van der Waals surface area contributed by atoms with Crippen molar-refractivity contribution in [3.63, 3.8) is 0 Å². The molecule has 0 amide bonds. The Bertz CT molecular complexity index is 702. The van der Waals surface area contributed by atoms with Gasteiger partial charge in [0.15, 0.2) is 5.96 Å². The lowest BCUT2D eigenvalue weighted by molar-refractivity contribution is 0.0194. The first-order valence-electron chi connectivity index (χ1n) is 11.1. The van der Waals surface area contributed by atoms with Gasteiger partial charge in [0.2, 0.25) is 0 Å². The number of rotatable bonds is 4. The third-order valence-corrected chi connectivity index (χ3v) is 6.99. The van der Waals surface area contributed by atoms with Crippen molar-refractivity contribution in [2.24, 2.45) is 4.99 Å². The van der Waals surface area contributed by atoms with Crippen molar-refractivity contribution >= 4 is 29.9 Å². The van der Waals surface area contributed by atoms with Crippen LogP contribution in [0.15, 0.2) is 29.3 Å². The second-order valence-electron chi connectivity index (χ2n) is 8.65. The maximum atomic E-state index is 5.72. The van der Waals surface area contributed by atoms with Gasteiger partial charge in [0.1, 0.15) is 0 Å². The minimum atomic E-state index is 0. The Hall–Kier alpha value is -0.900. The quantitative estimate of drug-likeness (QED) is 0.370. The molecule has 1 aromatic carbocycles. The molecular weight excluding hydrogens is 491 g/mol. The van der Waals surface area contributed by atoms with Crippen LogP contribution in [0.25, 0.3) is 0 Å². The average molecular weight is 528 g/mol. The number of nitrogens with one attached hydrogen (secondary N) is 1. The molecule has 0 radical (unpaired) electrons. The highest BCUT2D eigenvalue weighted by atomic mass is 127. The first kappa shape index (κ1) is 23.8. The standard InChI is InChI=1S/C23H36N4O2.HI/c1-19-5-3-4-6-21(19)23(8-13-28-14-9-23)18-25-22(24-2)27-10-7-20(17-27)26-11-15-29-16-12-26;/h3-6,20H,7-18H2,1-2H3,(H,24,25);1H. The Morgan fingerprint density at radius 3 is 2.50 bits per heavy atom. The topological polar surface area (TPSA) is 49.3 Å². The lowest BCUT2D eigenvalue weighted by Crippen LogP contribution is -2.50. The maximum Gasteiger partial charge on any atom is 0.193 e. The van der Waals surface area contributed by atoms with Crippen LogP contribution < -0.4 is 5.32 Å². The van der Waals surface area contributed by atoms with Crippen molar-refractivity contribution in [2.45, 2.75) is 37.6 Å². The zero-order valence-electron chi connectivity index (χ0n) is 18.4. The van der Waals surface area contributed by atoms with E-state index < -0.39 is 0 Å². The van der Waals surface area contributed by atoms with Gasteiger partial charge >= 0.3 is 0 Å². The van der Waals surface area contributed by atoms with E-state index in [1.54, 1.807) is 0 Å². The molecule has 3 aliphatic heterocycles. The molecule has 7 heteroatoms. The van der Waals surface area contributed by atoms with Crippen LogP contribution in [0.4, 0.5) is 0 Å². The van der Waals surface area contributed by atoms with Crippen molar-refractivity contribution in [2.75, 3.05) is 66.2 Å². The summed E-state index contributed by atoms with van der Waals surface area (Å²) < 4.78 is 11.2. The van der Waals surface area contributed by atoms with E-state index in [4.69, 9.17) is 9.47 Å². The second-order valence-corrected chi connectivity index (χ2v) is 8.65. The fourth-order valence-electron chi connectivity index (χ4n) is 5.23. The molecular formula is C23H37IN4O2. The molecule has 168 valence electrons. The van der Waals surface area contributed by atoms with Gasteiger partial charge in [0.25, 0.3) is 0 Å². The summed E-state index contributed by atoms with van der Waals surface area (Å²) in [6.45, 7) is 10.8. The van der Waals surface area contributed by atoms with Gasteiger partial charge in [-0.25, -0.2) is 0 Å². The summed E-state index contributed by atoms with van der Waals surface area (Å²) >= 11 is 0. The molecule has 0 aliphatic carbocycles. The number of hydrogen-bond acceptors (Lipinski definition) is 4. The summed E-state index contributed by atoms with van der Waals surface area (Å²) in [5, 5.41) is 3.75. The van der Waals surface area contributed by atoms with Crippen LogP contribution in [0.3, 0.4) is 0 Å². The molecule has 6 nitrogen and oxygen atoms in total. The molecule has 3 fully saturated rings. The summed E-state index contributed by atoms with van der Waals surface area (Å²) in [5.74, 6) is 1.04. The number of morpholine rings is 1. The normalized spacial score (nSPS) is 25.1. The van der Waals surface area contributed by atoms with E-state index in [2.05, 4.69) is 51.3 Å². The predicted octanol–water partition coefficient (Wildman–Crippen LogP) is 2.64. The molecule has 3 saturated heterocycles. The van der Waals surface area contributed by atoms with Crippen LogP contribution in [0.2, 0.25) is 0 Å². The summed E-state index contributed by atoms with van der Waals surface area (Å²) in [4.78, 5) is 9.66. The first-order valence-corrected chi connectivity index (χ1v) is 11.1. The summed E-state index contributed by atoms with van der Waals surface area (Å²) in [5.41, 5.74) is 2.95. The summed E-state index contributed by atoms with van der Waals surface area (Å²) in [6, 6.07) is 9.45. The smallest absolute Gasteiger partial charge is 0.193 e. The van der Waals surface area contributed by atoms with Crippen molar-refractivity contribution in [3.05, 3.63) is 35.4 Å². The molecule has 0 saturated carbocycles. The second kappa shape index (κ2) is 11.1. The highest BCUT2D eigenvalue weighted by molar-refractivity contribution is 14.0. The van der Waals surface area contributed by atoms with Crippen molar-refractivity contribution in [1.82, 2.24) is 15.1 Å². The third kappa shape index (κ3) is 5.29. The number of hydrogen-bond donors (Lipinski definition) is 1. The summed E-state index contributed by atoms with van der Waals surface area (Å²) in [6.07, 6.45) is 3.31. The van der Waals surface area contributed by atoms with E-state index in [1.165, 1.54) is 17.5 Å². The Labute approximate surface area is 198 Å². The van der Waals surface area contributed by atoms with Crippen LogP contribution in [0.1, 0.15) is 30.4 Å². The molecule has 0 aromatic heterocycles. The molecule has 1 aromatic rings. The molecule has 1 unspecified atom stereocenters. The van der Waals surface area contributed by atoms with Gasteiger partial charge in [-0.1, -0.05) is 24.3 Å². The fourth-order valence-corrected chi connectivity index (χ4v) is 5.23. The number of aryl methyl sites for hydroxylation is 1. The largest absolute Gasteiger partial charge is 0.381 e. The van der Waals surface area contributed by atoms with Gasteiger partial charge in [-0.05, 0) is 37.3 Å². The highest BCUT2D eigenvalue weighted by Crippen LogP contribution is 2.36. The molecule has 0 spiro atoms. The SMILES string of the molecule is CN=C(NCC1(c2ccccc2C)CCOCC1)N1CCC(N2CCOCC2)C1.I. The Balaban J connectivity index is 0.00000256. The maximum absolute atomic E-state index is 5.72.